The molecular weight excluding hydrogens is 434 g/mol. The molecule has 1 fully saturated rings. The standard InChI is InChI=1S/C21H23N5O3S2/c1-29-20-19(23-15-10-6-7-11-15)18(14-8-4-3-5-9-14)25-21(26-20)30-16-12-22-13-17(24-16)31(2,27)28/h3-5,8-9,12-13,15,23H,6-7,10-11H2,1-2H3. The molecule has 10 heteroatoms. The minimum absolute atomic E-state index is 0.0905. The Morgan fingerprint density at radius 1 is 1.06 bits per heavy atom. The minimum atomic E-state index is -3.46. The first-order chi connectivity index (χ1) is 14.9. The van der Waals surface area contributed by atoms with Gasteiger partial charge in [-0.15, -0.1) is 0 Å². The summed E-state index contributed by atoms with van der Waals surface area (Å²) in [7, 11) is -1.89. The van der Waals surface area contributed by atoms with Gasteiger partial charge in [0.1, 0.15) is 16.4 Å². The van der Waals surface area contributed by atoms with Crippen LogP contribution < -0.4 is 10.1 Å². The van der Waals surface area contributed by atoms with Gasteiger partial charge in [0.2, 0.25) is 5.88 Å². The first kappa shape index (κ1) is 21.5. The fraction of sp³-hybridized carbons (Fsp3) is 0.333. The lowest BCUT2D eigenvalue weighted by Crippen LogP contribution is -2.17. The van der Waals surface area contributed by atoms with Gasteiger partial charge in [-0.2, -0.15) is 4.98 Å². The summed E-state index contributed by atoms with van der Waals surface area (Å²) in [4.78, 5) is 17.5. The number of nitrogens with one attached hydrogen (secondary N) is 1. The molecule has 1 aromatic carbocycles. The zero-order valence-electron chi connectivity index (χ0n) is 17.3. The van der Waals surface area contributed by atoms with Crippen LogP contribution in [0, 0.1) is 0 Å². The second-order valence-electron chi connectivity index (χ2n) is 7.30. The molecule has 1 aliphatic carbocycles. The minimum Gasteiger partial charge on any atom is -0.479 e. The quantitative estimate of drug-likeness (QED) is 0.529. The van der Waals surface area contributed by atoms with E-state index in [1.807, 2.05) is 30.3 Å². The summed E-state index contributed by atoms with van der Waals surface area (Å²) in [5.74, 6) is 0.440. The second-order valence-corrected chi connectivity index (χ2v) is 10.3. The van der Waals surface area contributed by atoms with Crippen molar-refractivity contribution in [3.63, 3.8) is 0 Å². The number of ether oxygens (including phenoxy) is 1. The van der Waals surface area contributed by atoms with Crippen molar-refractivity contribution < 1.29 is 13.2 Å². The van der Waals surface area contributed by atoms with E-state index in [1.165, 1.54) is 25.2 Å². The molecule has 1 aliphatic rings. The summed E-state index contributed by atoms with van der Waals surface area (Å²) >= 11 is 1.14. The van der Waals surface area contributed by atoms with Gasteiger partial charge in [-0.05, 0) is 24.6 Å². The van der Waals surface area contributed by atoms with Crippen molar-refractivity contribution >= 4 is 27.3 Å². The smallest absolute Gasteiger partial charge is 0.241 e. The maximum Gasteiger partial charge on any atom is 0.241 e. The highest BCUT2D eigenvalue weighted by molar-refractivity contribution is 7.99. The van der Waals surface area contributed by atoms with Gasteiger partial charge >= 0.3 is 0 Å². The number of sulfone groups is 1. The van der Waals surface area contributed by atoms with Gasteiger partial charge in [-0.1, -0.05) is 43.2 Å². The SMILES string of the molecule is COc1nc(Sc2cncc(S(C)(=O)=O)n2)nc(-c2ccccc2)c1NC1CCCC1. The average Bonchev–Trinajstić information content (AvgIpc) is 3.28. The normalized spacial score (nSPS) is 14.5. The highest BCUT2D eigenvalue weighted by atomic mass is 32.2. The number of aromatic nitrogens is 4. The first-order valence-corrected chi connectivity index (χ1v) is 12.6. The van der Waals surface area contributed by atoms with Gasteiger partial charge in [0.05, 0.1) is 19.5 Å². The molecule has 0 spiro atoms. The molecule has 162 valence electrons. The molecule has 4 rings (SSSR count). The maximum absolute atomic E-state index is 11.8. The van der Waals surface area contributed by atoms with E-state index in [-0.39, 0.29) is 5.03 Å². The average molecular weight is 458 g/mol. The molecule has 2 aromatic heterocycles. The molecule has 0 unspecified atom stereocenters. The number of hydrogen-bond donors (Lipinski definition) is 1. The number of nitrogens with zero attached hydrogens (tertiary/aromatic N) is 4. The Balaban J connectivity index is 1.76. The highest BCUT2D eigenvalue weighted by Crippen LogP contribution is 2.38. The third-order valence-corrected chi connectivity index (χ3v) is 6.69. The molecule has 3 aromatic rings. The topological polar surface area (TPSA) is 107 Å². The Bertz CT molecular complexity index is 1170. The highest BCUT2D eigenvalue weighted by Gasteiger charge is 2.23. The van der Waals surface area contributed by atoms with E-state index in [9.17, 15) is 8.42 Å². The van der Waals surface area contributed by atoms with Crippen LogP contribution in [0.15, 0.2) is 57.9 Å². The lowest BCUT2D eigenvalue weighted by atomic mass is 10.1. The van der Waals surface area contributed by atoms with Crippen LogP contribution in [-0.4, -0.2) is 47.8 Å². The molecular formula is C21H23N5O3S2. The number of rotatable bonds is 7. The van der Waals surface area contributed by atoms with Crippen LogP contribution in [0.1, 0.15) is 25.7 Å². The van der Waals surface area contributed by atoms with Crippen molar-refractivity contribution in [2.24, 2.45) is 0 Å². The fourth-order valence-corrected chi connectivity index (χ4v) is 4.76. The monoisotopic (exact) mass is 457 g/mol. The molecule has 0 atom stereocenters. The summed E-state index contributed by atoms with van der Waals surface area (Å²) in [5, 5.41) is 4.28. The van der Waals surface area contributed by atoms with Gasteiger partial charge in [0.15, 0.2) is 20.0 Å². The molecule has 0 aliphatic heterocycles. The van der Waals surface area contributed by atoms with E-state index < -0.39 is 9.84 Å². The van der Waals surface area contributed by atoms with Crippen molar-refractivity contribution in [3.8, 4) is 17.1 Å². The number of benzene rings is 1. The molecule has 0 radical (unpaired) electrons. The van der Waals surface area contributed by atoms with Gasteiger partial charge in [0.25, 0.3) is 0 Å². The Labute approximate surface area is 185 Å². The molecule has 1 saturated carbocycles. The summed E-state index contributed by atoms with van der Waals surface area (Å²) in [6, 6.07) is 10.2. The van der Waals surface area contributed by atoms with Crippen molar-refractivity contribution in [1.82, 2.24) is 19.9 Å². The zero-order chi connectivity index (χ0) is 21.8. The van der Waals surface area contributed by atoms with E-state index in [0.717, 1.165) is 47.8 Å². The Morgan fingerprint density at radius 2 is 1.81 bits per heavy atom. The van der Waals surface area contributed by atoms with Crippen molar-refractivity contribution in [2.45, 2.75) is 46.9 Å². The van der Waals surface area contributed by atoms with Crippen molar-refractivity contribution in [1.29, 1.82) is 0 Å². The Morgan fingerprint density at radius 3 is 2.48 bits per heavy atom. The van der Waals surface area contributed by atoms with Crippen LogP contribution in [0.4, 0.5) is 5.69 Å². The van der Waals surface area contributed by atoms with E-state index in [1.54, 1.807) is 7.11 Å². The Hall–Kier alpha value is -2.72. The van der Waals surface area contributed by atoms with E-state index in [0.29, 0.717) is 22.1 Å². The summed E-state index contributed by atoms with van der Waals surface area (Å²) in [6.07, 6.45) is 8.41. The molecule has 31 heavy (non-hydrogen) atoms. The van der Waals surface area contributed by atoms with Gasteiger partial charge in [-0.25, -0.2) is 18.4 Å². The molecule has 0 amide bonds. The third-order valence-electron chi connectivity index (χ3n) is 4.97. The van der Waals surface area contributed by atoms with Crippen LogP contribution in [0.5, 0.6) is 5.88 Å². The molecule has 1 N–H and O–H groups in total. The fourth-order valence-electron chi connectivity index (χ4n) is 3.48. The van der Waals surface area contributed by atoms with Crippen molar-refractivity contribution in [3.05, 3.63) is 42.7 Å². The number of methoxy groups -OCH3 is 1. The van der Waals surface area contributed by atoms with Crippen LogP contribution in [0.3, 0.4) is 0 Å². The van der Waals surface area contributed by atoms with E-state index in [2.05, 4.69) is 20.3 Å². The first-order valence-electron chi connectivity index (χ1n) is 9.92. The van der Waals surface area contributed by atoms with Crippen LogP contribution >= 0.6 is 11.8 Å². The van der Waals surface area contributed by atoms with E-state index >= 15 is 0 Å². The lowest BCUT2D eigenvalue weighted by molar-refractivity contribution is 0.394. The molecule has 0 saturated heterocycles. The molecule has 0 bridgehead atoms. The maximum atomic E-state index is 11.8. The third kappa shape index (κ3) is 5.13. The predicted molar refractivity (Wildman–Crippen MR) is 119 cm³/mol. The largest absolute Gasteiger partial charge is 0.479 e. The molecule has 2 heterocycles. The lowest BCUT2D eigenvalue weighted by Gasteiger charge is -2.19. The molecule has 8 nitrogen and oxygen atoms in total. The number of hydrogen-bond acceptors (Lipinski definition) is 9. The van der Waals surface area contributed by atoms with E-state index in [4.69, 9.17) is 9.72 Å². The van der Waals surface area contributed by atoms with Gasteiger partial charge in [0, 0.05) is 17.9 Å². The summed E-state index contributed by atoms with van der Waals surface area (Å²) < 4.78 is 29.2. The summed E-state index contributed by atoms with van der Waals surface area (Å²) in [5.41, 5.74) is 2.43. The second kappa shape index (κ2) is 9.19. The zero-order valence-corrected chi connectivity index (χ0v) is 18.9. The van der Waals surface area contributed by atoms with Gasteiger partial charge < -0.3 is 10.1 Å². The van der Waals surface area contributed by atoms with Crippen molar-refractivity contribution in [2.75, 3.05) is 18.7 Å². The van der Waals surface area contributed by atoms with Gasteiger partial charge in [-0.3, -0.25) is 4.98 Å². The van der Waals surface area contributed by atoms with Crippen LogP contribution in [0.2, 0.25) is 0 Å². The van der Waals surface area contributed by atoms with Crippen LogP contribution in [0.25, 0.3) is 11.3 Å². The number of anilines is 1. The summed E-state index contributed by atoms with van der Waals surface area (Å²) in [6.45, 7) is 0. The predicted octanol–water partition coefficient (Wildman–Crippen LogP) is 3.85. The van der Waals surface area contributed by atoms with Crippen LogP contribution in [-0.2, 0) is 9.84 Å². The Kier molecular flexibility index (Phi) is 6.38.